The van der Waals surface area contributed by atoms with Gasteiger partial charge in [-0.25, -0.2) is 0 Å². The van der Waals surface area contributed by atoms with Gasteiger partial charge in [-0.3, -0.25) is 4.79 Å². The van der Waals surface area contributed by atoms with Crippen LogP contribution in [0.4, 0.5) is 0 Å². The topological polar surface area (TPSA) is 67.1 Å². The van der Waals surface area contributed by atoms with Crippen molar-refractivity contribution >= 4 is 11.8 Å². The van der Waals surface area contributed by atoms with Crippen molar-refractivity contribution < 1.29 is 66.1 Å². The first-order valence-corrected chi connectivity index (χ1v) is 6.16. The van der Waals surface area contributed by atoms with Crippen LogP contribution in [0.3, 0.4) is 0 Å². The Bertz CT molecular complexity index is 672. The van der Waals surface area contributed by atoms with Gasteiger partial charge in [0.2, 0.25) is 5.78 Å². The number of ketones is 1. The molecule has 0 aromatic carbocycles. The number of carbonyl (C=O) groups excluding carboxylic acids is 2. The number of rotatable bonds is 3. The Kier molecular flexibility index (Phi) is 4.71. The van der Waals surface area contributed by atoms with Crippen LogP contribution < -0.4 is 56.5 Å². The van der Waals surface area contributed by atoms with Gasteiger partial charge in [0, 0.05) is 31.4 Å². The largest absolute Gasteiger partial charge is 1.00 e. The maximum atomic E-state index is 12.4. The predicted molar refractivity (Wildman–Crippen MR) is 65.6 cm³/mol. The molecule has 0 amide bonds. The van der Waals surface area contributed by atoms with Crippen LogP contribution in [-0.2, 0) is 18.4 Å². The van der Waals surface area contributed by atoms with Gasteiger partial charge in [-0.15, -0.1) is 0 Å². The molecule has 20 heavy (non-hydrogen) atoms. The molecule has 0 fully saturated rings. The zero-order valence-electron chi connectivity index (χ0n) is 11.5. The number of hydrogen-bond acceptors (Lipinski definition) is 3. The Balaban J connectivity index is 0.00000147. The average molecular weight is 296 g/mol. The standard InChI is InChI=1S/C14H14N2O3.K/c1-15-7-2-3-11(15)13(17)12-5-4-10-9(14(18)19)6-8-16(10)12;/h2-5,7,9H,6,8H2,1H3,(H,18,19);/q;+1/p-1. The average Bonchev–Trinajstić information content (AvgIpc) is 3.01. The zero-order valence-corrected chi connectivity index (χ0v) is 14.6. The van der Waals surface area contributed by atoms with E-state index >= 15 is 0 Å². The molecule has 1 unspecified atom stereocenters. The molecule has 0 bridgehead atoms. The minimum Gasteiger partial charge on any atom is -0.549 e. The van der Waals surface area contributed by atoms with Crippen molar-refractivity contribution in [2.75, 3.05) is 0 Å². The van der Waals surface area contributed by atoms with Crippen molar-refractivity contribution in [3.05, 3.63) is 47.5 Å². The summed E-state index contributed by atoms with van der Waals surface area (Å²) in [6.45, 7) is 0.548. The van der Waals surface area contributed by atoms with E-state index in [1.807, 2.05) is 19.3 Å². The number of fused-ring (bicyclic) bond motifs is 1. The van der Waals surface area contributed by atoms with Crippen molar-refractivity contribution in [2.45, 2.75) is 18.9 Å². The molecule has 0 spiro atoms. The van der Waals surface area contributed by atoms with Crippen molar-refractivity contribution in [3.63, 3.8) is 0 Å². The number of aliphatic carboxylic acids is 1. The summed E-state index contributed by atoms with van der Waals surface area (Å²) < 4.78 is 3.54. The maximum absolute atomic E-state index is 12.4. The van der Waals surface area contributed by atoms with Crippen molar-refractivity contribution in [2.24, 2.45) is 7.05 Å². The Labute approximate surface area is 159 Å². The van der Waals surface area contributed by atoms with Crippen LogP contribution in [0.15, 0.2) is 30.5 Å². The molecule has 98 valence electrons. The maximum Gasteiger partial charge on any atom is 1.00 e. The Morgan fingerprint density at radius 1 is 1.25 bits per heavy atom. The summed E-state index contributed by atoms with van der Waals surface area (Å²) in [6.07, 6.45) is 2.30. The number of aryl methyl sites for hydroxylation is 1. The minimum atomic E-state index is -1.07. The number of nitrogens with zero attached hydrogens (tertiary/aromatic N) is 2. The molecule has 1 aliphatic rings. The zero-order chi connectivity index (χ0) is 13.6. The molecule has 0 saturated heterocycles. The first kappa shape index (κ1) is 15.7. The second-order valence-corrected chi connectivity index (χ2v) is 4.79. The SMILES string of the molecule is Cn1cccc1C(=O)c1ccc2n1CCC2C(=O)[O-].[K+]. The van der Waals surface area contributed by atoms with Crippen molar-refractivity contribution in [1.29, 1.82) is 0 Å². The summed E-state index contributed by atoms with van der Waals surface area (Å²) in [5.74, 6) is -1.76. The van der Waals surface area contributed by atoms with E-state index in [1.165, 1.54) is 0 Å². The molecule has 3 rings (SSSR count). The molecule has 2 aromatic rings. The monoisotopic (exact) mass is 296 g/mol. The summed E-state index contributed by atoms with van der Waals surface area (Å²) in [4.78, 5) is 23.4. The third-order valence-electron chi connectivity index (χ3n) is 3.71. The van der Waals surface area contributed by atoms with Crippen LogP contribution in [0.5, 0.6) is 0 Å². The van der Waals surface area contributed by atoms with Gasteiger partial charge >= 0.3 is 51.4 Å². The van der Waals surface area contributed by atoms with E-state index in [2.05, 4.69) is 0 Å². The smallest absolute Gasteiger partial charge is 0.549 e. The van der Waals surface area contributed by atoms with Gasteiger partial charge in [0.1, 0.15) is 0 Å². The third kappa shape index (κ3) is 2.46. The fourth-order valence-corrected chi connectivity index (χ4v) is 2.71. The number of hydrogen-bond donors (Lipinski definition) is 0. The van der Waals surface area contributed by atoms with Gasteiger partial charge in [-0.05, 0) is 30.7 Å². The van der Waals surface area contributed by atoms with E-state index in [4.69, 9.17) is 0 Å². The van der Waals surface area contributed by atoms with Crippen LogP contribution in [0.1, 0.15) is 34.2 Å². The molecule has 3 heterocycles. The van der Waals surface area contributed by atoms with Gasteiger partial charge in [0.25, 0.3) is 0 Å². The fraction of sp³-hybridized carbons (Fsp3) is 0.286. The molecule has 6 heteroatoms. The number of carboxylic acids is 1. The molecule has 5 nitrogen and oxygen atoms in total. The van der Waals surface area contributed by atoms with Crippen LogP contribution in [0, 0.1) is 0 Å². The molecule has 0 N–H and O–H groups in total. The van der Waals surface area contributed by atoms with Crippen molar-refractivity contribution in [3.8, 4) is 0 Å². The number of carboxylic acid groups (broad SMARTS) is 1. The second kappa shape index (κ2) is 5.99. The van der Waals surface area contributed by atoms with Gasteiger partial charge in [0.05, 0.1) is 17.4 Å². The summed E-state index contributed by atoms with van der Waals surface area (Å²) in [5, 5.41) is 11.0. The summed E-state index contributed by atoms with van der Waals surface area (Å²) in [6, 6.07) is 6.97. The number of carbonyl (C=O) groups is 2. The normalized spacial score (nSPS) is 16.6. The van der Waals surface area contributed by atoms with Crippen LogP contribution >= 0.6 is 0 Å². The Morgan fingerprint density at radius 2 is 2.00 bits per heavy atom. The molecule has 1 aliphatic heterocycles. The van der Waals surface area contributed by atoms with Crippen molar-refractivity contribution in [1.82, 2.24) is 9.13 Å². The van der Waals surface area contributed by atoms with E-state index in [-0.39, 0.29) is 57.2 Å². The summed E-state index contributed by atoms with van der Waals surface area (Å²) in [7, 11) is 1.81. The van der Waals surface area contributed by atoms with Gasteiger partial charge < -0.3 is 19.0 Å². The summed E-state index contributed by atoms with van der Waals surface area (Å²) in [5.41, 5.74) is 1.80. The molecular weight excluding hydrogens is 283 g/mol. The van der Waals surface area contributed by atoms with Gasteiger partial charge in [-0.1, -0.05) is 0 Å². The minimum absolute atomic E-state index is 0. The van der Waals surface area contributed by atoms with Gasteiger partial charge in [0.15, 0.2) is 0 Å². The molecular formula is C14H13KN2O3. The van der Waals surface area contributed by atoms with E-state index in [0.29, 0.717) is 30.0 Å². The molecule has 1 atom stereocenters. The number of aromatic nitrogens is 2. The molecule has 0 radical (unpaired) electrons. The van der Waals surface area contributed by atoms with Gasteiger partial charge in [-0.2, -0.15) is 0 Å². The molecule has 2 aromatic heterocycles. The first-order chi connectivity index (χ1) is 9.09. The van der Waals surface area contributed by atoms with Crippen LogP contribution in [0.25, 0.3) is 0 Å². The van der Waals surface area contributed by atoms with E-state index in [0.717, 1.165) is 0 Å². The van der Waals surface area contributed by atoms with E-state index < -0.39 is 11.9 Å². The summed E-state index contributed by atoms with van der Waals surface area (Å²) >= 11 is 0. The van der Waals surface area contributed by atoms with Crippen LogP contribution in [-0.4, -0.2) is 20.9 Å². The first-order valence-electron chi connectivity index (χ1n) is 6.16. The van der Waals surface area contributed by atoms with E-state index in [9.17, 15) is 14.7 Å². The second-order valence-electron chi connectivity index (χ2n) is 4.79. The quantitative estimate of drug-likeness (QED) is 0.457. The van der Waals surface area contributed by atoms with Crippen LogP contribution in [0.2, 0.25) is 0 Å². The Morgan fingerprint density at radius 3 is 2.60 bits per heavy atom. The molecule has 0 saturated carbocycles. The third-order valence-corrected chi connectivity index (χ3v) is 3.71. The van der Waals surface area contributed by atoms with E-state index in [1.54, 1.807) is 27.3 Å². The molecule has 0 aliphatic carbocycles. The Hall–Kier alpha value is -0.664. The fourth-order valence-electron chi connectivity index (χ4n) is 2.71. The predicted octanol–water partition coefficient (Wildman–Crippen LogP) is -2.70.